The molecule has 19 heavy (non-hydrogen) atoms. The molecule has 0 aliphatic rings. The van der Waals surface area contributed by atoms with Gasteiger partial charge in [-0.05, 0) is 6.07 Å². The number of carboxylic acid groups (broad SMARTS) is 1. The van der Waals surface area contributed by atoms with Crippen LogP contribution in [0.1, 0.15) is 16.8 Å². The number of rotatable bonds is 4. The largest absolute Gasteiger partial charge is 0.478 e. The first-order chi connectivity index (χ1) is 9.00. The van der Waals surface area contributed by atoms with E-state index in [0.717, 1.165) is 5.52 Å². The first kappa shape index (κ1) is 13.1. The monoisotopic (exact) mass is 260 g/mol. The first-order valence-corrected chi connectivity index (χ1v) is 6.02. The standard InChI is InChI=1S/C14H16N2O3/c1-15(2)13(17)7-8-16-9-11(14(18)19)10-5-3-4-6-12(10)16/h3-6,9H,7-8H2,1-2H3,(H,18,19). The van der Waals surface area contributed by atoms with Gasteiger partial charge in [0.2, 0.25) is 5.91 Å². The fourth-order valence-corrected chi connectivity index (χ4v) is 2.04. The minimum absolute atomic E-state index is 0.0228. The van der Waals surface area contributed by atoms with Crippen molar-refractivity contribution in [3.63, 3.8) is 0 Å². The molecule has 2 aromatic rings. The zero-order valence-electron chi connectivity index (χ0n) is 11.0. The molecule has 0 aliphatic heterocycles. The topological polar surface area (TPSA) is 62.5 Å². The highest BCUT2D eigenvalue weighted by atomic mass is 16.4. The normalized spacial score (nSPS) is 10.6. The Morgan fingerprint density at radius 1 is 1.26 bits per heavy atom. The molecule has 5 nitrogen and oxygen atoms in total. The molecule has 5 heteroatoms. The van der Waals surface area contributed by atoms with E-state index in [9.17, 15) is 14.7 Å². The van der Waals surface area contributed by atoms with Gasteiger partial charge in [-0.2, -0.15) is 0 Å². The zero-order chi connectivity index (χ0) is 14.0. The summed E-state index contributed by atoms with van der Waals surface area (Å²) >= 11 is 0. The van der Waals surface area contributed by atoms with Gasteiger partial charge in [-0.25, -0.2) is 4.79 Å². The molecule has 0 radical (unpaired) electrons. The minimum Gasteiger partial charge on any atom is -0.478 e. The lowest BCUT2D eigenvalue weighted by molar-refractivity contribution is -0.128. The van der Waals surface area contributed by atoms with Crippen molar-refractivity contribution in [2.45, 2.75) is 13.0 Å². The van der Waals surface area contributed by atoms with Gasteiger partial charge in [0.1, 0.15) is 0 Å². The van der Waals surface area contributed by atoms with Crippen molar-refractivity contribution in [3.8, 4) is 0 Å². The number of aryl methyl sites for hydroxylation is 1. The van der Waals surface area contributed by atoms with Crippen LogP contribution in [0, 0.1) is 0 Å². The number of para-hydroxylation sites is 1. The van der Waals surface area contributed by atoms with E-state index >= 15 is 0 Å². The van der Waals surface area contributed by atoms with Gasteiger partial charge >= 0.3 is 5.97 Å². The number of amides is 1. The Morgan fingerprint density at radius 2 is 1.95 bits per heavy atom. The molecule has 2 rings (SSSR count). The van der Waals surface area contributed by atoms with Gasteiger partial charge in [0.25, 0.3) is 0 Å². The average Bonchev–Trinajstić information content (AvgIpc) is 2.75. The third-order valence-electron chi connectivity index (χ3n) is 3.08. The second-order valence-electron chi connectivity index (χ2n) is 4.60. The van der Waals surface area contributed by atoms with Crippen LogP contribution in [0.3, 0.4) is 0 Å². The van der Waals surface area contributed by atoms with E-state index in [1.807, 2.05) is 22.8 Å². The maximum Gasteiger partial charge on any atom is 0.337 e. The third kappa shape index (κ3) is 2.59. The summed E-state index contributed by atoms with van der Waals surface area (Å²) in [6.45, 7) is 0.477. The molecule has 0 saturated carbocycles. The number of hydrogen-bond acceptors (Lipinski definition) is 2. The van der Waals surface area contributed by atoms with Gasteiger partial charge in [-0.3, -0.25) is 4.79 Å². The van der Waals surface area contributed by atoms with E-state index in [4.69, 9.17) is 0 Å². The van der Waals surface area contributed by atoms with Crippen LogP contribution < -0.4 is 0 Å². The molecule has 0 atom stereocenters. The maximum atomic E-state index is 11.6. The van der Waals surface area contributed by atoms with Crippen molar-refractivity contribution in [2.75, 3.05) is 14.1 Å². The molecule has 1 N–H and O–H groups in total. The molecule has 0 bridgehead atoms. The minimum atomic E-state index is -0.950. The highest BCUT2D eigenvalue weighted by molar-refractivity contribution is 6.03. The Balaban J connectivity index is 2.33. The molecule has 1 aromatic carbocycles. The second kappa shape index (κ2) is 5.14. The van der Waals surface area contributed by atoms with Gasteiger partial charge in [0.15, 0.2) is 0 Å². The SMILES string of the molecule is CN(C)C(=O)CCn1cc(C(=O)O)c2ccccc21. The number of nitrogens with zero attached hydrogens (tertiary/aromatic N) is 2. The fraction of sp³-hybridized carbons (Fsp3) is 0.286. The second-order valence-corrected chi connectivity index (χ2v) is 4.60. The summed E-state index contributed by atoms with van der Waals surface area (Å²) in [6.07, 6.45) is 1.95. The maximum absolute atomic E-state index is 11.6. The number of benzene rings is 1. The summed E-state index contributed by atoms with van der Waals surface area (Å²) in [5.41, 5.74) is 1.11. The Labute approximate surface area is 111 Å². The molecule has 100 valence electrons. The molecule has 1 heterocycles. The van der Waals surface area contributed by atoms with Gasteiger partial charge in [-0.1, -0.05) is 18.2 Å². The molecule has 0 unspecified atom stereocenters. The Morgan fingerprint density at radius 3 is 2.58 bits per heavy atom. The van der Waals surface area contributed by atoms with Crippen molar-refractivity contribution in [3.05, 3.63) is 36.0 Å². The zero-order valence-corrected chi connectivity index (χ0v) is 11.0. The van der Waals surface area contributed by atoms with Crippen molar-refractivity contribution >= 4 is 22.8 Å². The van der Waals surface area contributed by atoms with E-state index in [1.165, 1.54) is 4.90 Å². The summed E-state index contributed by atoms with van der Waals surface area (Å²) in [4.78, 5) is 24.3. The highest BCUT2D eigenvalue weighted by Gasteiger charge is 2.14. The van der Waals surface area contributed by atoms with Crippen LogP contribution in [0.5, 0.6) is 0 Å². The van der Waals surface area contributed by atoms with E-state index in [1.54, 1.807) is 26.4 Å². The molecular formula is C14H16N2O3. The van der Waals surface area contributed by atoms with Gasteiger partial charge < -0.3 is 14.6 Å². The van der Waals surface area contributed by atoms with E-state index in [-0.39, 0.29) is 11.5 Å². The predicted octanol–water partition coefficient (Wildman–Crippen LogP) is 1.82. The average molecular weight is 260 g/mol. The smallest absolute Gasteiger partial charge is 0.337 e. The molecule has 0 spiro atoms. The lowest BCUT2D eigenvalue weighted by Crippen LogP contribution is -2.22. The number of carbonyl (C=O) groups is 2. The van der Waals surface area contributed by atoms with Crippen molar-refractivity contribution in [1.29, 1.82) is 0 Å². The molecular weight excluding hydrogens is 244 g/mol. The summed E-state index contributed by atoms with van der Waals surface area (Å²) < 4.78 is 1.82. The Bertz CT molecular complexity index is 629. The Hall–Kier alpha value is -2.30. The van der Waals surface area contributed by atoms with Crippen LogP contribution in [0.2, 0.25) is 0 Å². The van der Waals surface area contributed by atoms with Crippen molar-refractivity contribution in [2.24, 2.45) is 0 Å². The van der Waals surface area contributed by atoms with Gasteiger partial charge in [0, 0.05) is 44.2 Å². The molecule has 1 aromatic heterocycles. The lowest BCUT2D eigenvalue weighted by Gasteiger charge is -2.10. The van der Waals surface area contributed by atoms with E-state index in [0.29, 0.717) is 18.4 Å². The van der Waals surface area contributed by atoms with Crippen molar-refractivity contribution < 1.29 is 14.7 Å². The lowest BCUT2D eigenvalue weighted by atomic mass is 10.2. The number of aromatic nitrogens is 1. The molecule has 1 amide bonds. The summed E-state index contributed by atoms with van der Waals surface area (Å²) in [5, 5.41) is 9.87. The Kier molecular flexibility index (Phi) is 3.55. The molecule has 0 aliphatic carbocycles. The number of carboxylic acids is 1. The summed E-state index contributed by atoms with van der Waals surface area (Å²) in [6, 6.07) is 7.31. The van der Waals surface area contributed by atoms with Crippen LogP contribution in [0.4, 0.5) is 0 Å². The van der Waals surface area contributed by atoms with E-state index < -0.39 is 5.97 Å². The molecule has 0 saturated heterocycles. The van der Waals surface area contributed by atoms with Crippen LogP contribution in [-0.4, -0.2) is 40.5 Å². The van der Waals surface area contributed by atoms with Crippen LogP contribution in [-0.2, 0) is 11.3 Å². The number of carbonyl (C=O) groups excluding carboxylic acids is 1. The van der Waals surface area contributed by atoms with Crippen LogP contribution in [0.25, 0.3) is 10.9 Å². The van der Waals surface area contributed by atoms with Gasteiger partial charge in [0.05, 0.1) is 5.56 Å². The highest BCUT2D eigenvalue weighted by Crippen LogP contribution is 2.21. The fourth-order valence-electron chi connectivity index (χ4n) is 2.04. The number of aromatic carboxylic acids is 1. The number of fused-ring (bicyclic) bond motifs is 1. The quantitative estimate of drug-likeness (QED) is 0.912. The van der Waals surface area contributed by atoms with Crippen LogP contribution >= 0.6 is 0 Å². The summed E-state index contributed by atoms with van der Waals surface area (Å²) in [7, 11) is 3.41. The first-order valence-electron chi connectivity index (χ1n) is 6.02. The molecule has 0 fully saturated rings. The summed E-state index contributed by atoms with van der Waals surface area (Å²) in [5.74, 6) is -0.927. The third-order valence-corrected chi connectivity index (χ3v) is 3.08. The van der Waals surface area contributed by atoms with Gasteiger partial charge in [-0.15, -0.1) is 0 Å². The van der Waals surface area contributed by atoms with Crippen LogP contribution in [0.15, 0.2) is 30.5 Å². The predicted molar refractivity (Wildman–Crippen MR) is 72.2 cm³/mol. The van der Waals surface area contributed by atoms with E-state index in [2.05, 4.69) is 0 Å². The number of hydrogen-bond donors (Lipinski definition) is 1. The van der Waals surface area contributed by atoms with Crippen molar-refractivity contribution in [1.82, 2.24) is 9.47 Å².